The zero-order valence-electron chi connectivity index (χ0n) is 9.78. The van der Waals surface area contributed by atoms with Crippen molar-refractivity contribution in [3.8, 4) is 0 Å². The van der Waals surface area contributed by atoms with E-state index in [4.69, 9.17) is 0 Å². The van der Waals surface area contributed by atoms with Crippen LogP contribution in [0.2, 0.25) is 0 Å². The van der Waals surface area contributed by atoms with Crippen molar-refractivity contribution in [1.82, 2.24) is 0 Å². The first kappa shape index (κ1) is 12.2. The van der Waals surface area contributed by atoms with E-state index in [-0.39, 0.29) is 5.25 Å². The van der Waals surface area contributed by atoms with Gasteiger partial charge in [-0.1, -0.05) is 60.7 Å². The molecular weight excluding hydrogens is 228 g/mol. The molecule has 0 aliphatic carbocycles. The Labute approximate surface area is 107 Å². The second-order valence-corrected chi connectivity index (χ2v) is 4.90. The van der Waals surface area contributed by atoms with Crippen LogP contribution >= 0.6 is 11.8 Å². The van der Waals surface area contributed by atoms with E-state index in [2.05, 4.69) is 12.1 Å². The predicted octanol–water partition coefficient (Wildman–Crippen LogP) is 3.82. The molecule has 2 atom stereocenters. The monoisotopic (exact) mass is 244 g/mol. The lowest BCUT2D eigenvalue weighted by Crippen LogP contribution is -2.07. The minimum Gasteiger partial charge on any atom is -0.387 e. The smallest absolute Gasteiger partial charge is 0.0949 e. The van der Waals surface area contributed by atoms with Gasteiger partial charge < -0.3 is 5.11 Å². The predicted molar refractivity (Wildman–Crippen MR) is 74.1 cm³/mol. The molecule has 0 heterocycles. The van der Waals surface area contributed by atoms with Crippen LogP contribution in [0, 0.1) is 0 Å². The molecule has 0 radical (unpaired) electrons. The second kappa shape index (κ2) is 5.89. The molecule has 2 rings (SSSR count). The maximum absolute atomic E-state index is 10.4. The van der Waals surface area contributed by atoms with Crippen molar-refractivity contribution in [2.75, 3.05) is 6.26 Å². The molecule has 0 amide bonds. The molecule has 0 bridgehead atoms. The summed E-state index contributed by atoms with van der Waals surface area (Å²) in [5, 5.41) is 10.5. The molecule has 2 heteroatoms. The molecule has 0 aliphatic rings. The zero-order chi connectivity index (χ0) is 12.1. The van der Waals surface area contributed by atoms with Gasteiger partial charge in [0.15, 0.2) is 0 Å². The molecule has 0 unspecified atom stereocenters. The lowest BCUT2D eigenvalue weighted by Gasteiger charge is -2.21. The van der Waals surface area contributed by atoms with Crippen LogP contribution in [0.25, 0.3) is 0 Å². The lowest BCUT2D eigenvalue weighted by atomic mass is 10.0. The van der Waals surface area contributed by atoms with Crippen molar-refractivity contribution in [2.45, 2.75) is 11.4 Å². The topological polar surface area (TPSA) is 20.2 Å². The van der Waals surface area contributed by atoms with Gasteiger partial charge in [0.2, 0.25) is 0 Å². The summed E-state index contributed by atoms with van der Waals surface area (Å²) in [6, 6.07) is 20.0. The van der Waals surface area contributed by atoms with Gasteiger partial charge in [-0.2, -0.15) is 11.8 Å². The average molecular weight is 244 g/mol. The van der Waals surface area contributed by atoms with Crippen LogP contribution in [0.15, 0.2) is 60.7 Å². The van der Waals surface area contributed by atoms with Crippen LogP contribution in [-0.4, -0.2) is 11.4 Å². The molecule has 0 aromatic heterocycles. The Balaban J connectivity index is 2.25. The van der Waals surface area contributed by atoms with Gasteiger partial charge in [0, 0.05) is 0 Å². The maximum Gasteiger partial charge on any atom is 0.0949 e. The molecule has 0 saturated carbocycles. The first-order valence-corrected chi connectivity index (χ1v) is 6.92. The van der Waals surface area contributed by atoms with Crippen LogP contribution in [0.3, 0.4) is 0 Å². The van der Waals surface area contributed by atoms with Gasteiger partial charge in [-0.3, -0.25) is 0 Å². The second-order valence-electron chi connectivity index (χ2n) is 3.92. The summed E-state index contributed by atoms with van der Waals surface area (Å²) in [6.07, 6.45) is 1.57. The standard InChI is InChI=1S/C15H16OS/c1-17-15(13-10-6-3-7-11-13)14(16)12-8-4-2-5-9-12/h2-11,14-16H,1H3/t14-,15+/m1/s1. The van der Waals surface area contributed by atoms with Crippen molar-refractivity contribution >= 4 is 11.8 Å². The minimum atomic E-state index is -0.464. The minimum absolute atomic E-state index is 0.0820. The number of aliphatic hydroxyl groups excluding tert-OH is 1. The summed E-state index contributed by atoms with van der Waals surface area (Å²) in [7, 11) is 0. The first-order valence-electron chi connectivity index (χ1n) is 5.63. The maximum atomic E-state index is 10.4. The highest BCUT2D eigenvalue weighted by atomic mass is 32.2. The van der Waals surface area contributed by atoms with Gasteiger partial charge in [-0.15, -0.1) is 0 Å². The highest BCUT2D eigenvalue weighted by Gasteiger charge is 2.21. The van der Waals surface area contributed by atoms with Gasteiger partial charge in [-0.25, -0.2) is 0 Å². The van der Waals surface area contributed by atoms with Crippen LogP contribution in [0.4, 0.5) is 0 Å². The van der Waals surface area contributed by atoms with Gasteiger partial charge in [0.1, 0.15) is 0 Å². The fraction of sp³-hybridized carbons (Fsp3) is 0.200. The highest BCUT2D eigenvalue weighted by Crippen LogP contribution is 2.38. The quantitative estimate of drug-likeness (QED) is 0.882. The highest BCUT2D eigenvalue weighted by molar-refractivity contribution is 7.98. The number of rotatable bonds is 4. The third-order valence-electron chi connectivity index (χ3n) is 2.81. The Kier molecular flexibility index (Phi) is 4.24. The SMILES string of the molecule is CS[C@@H](c1ccccc1)[C@H](O)c1ccccc1. The number of thioether (sulfide) groups is 1. The molecule has 2 aromatic carbocycles. The van der Waals surface area contributed by atoms with Crippen molar-refractivity contribution in [2.24, 2.45) is 0 Å². The van der Waals surface area contributed by atoms with Gasteiger partial charge in [0.25, 0.3) is 0 Å². The van der Waals surface area contributed by atoms with E-state index >= 15 is 0 Å². The fourth-order valence-electron chi connectivity index (χ4n) is 1.91. The Morgan fingerprint density at radius 2 is 1.29 bits per heavy atom. The number of hydrogen-bond donors (Lipinski definition) is 1. The van der Waals surface area contributed by atoms with E-state index in [1.807, 2.05) is 54.8 Å². The Morgan fingerprint density at radius 3 is 1.76 bits per heavy atom. The van der Waals surface area contributed by atoms with Gasteiger partial charge in [-0.05, 0) is 17.4 Å². The third-order valence-corrected chi connectivity index (χ3v) is 3.85. The summed E-state index contributed by atoms with van der Waals surface area (Å²) in [6.45, 7) is 0. The summed E-state index contributed by atoms with van der Waals surface area (Å²) in [4.78, 5) is 0. The zero-order valence-corrected chi connectivity index (χ0v) is 10.6. The normalized spacial score (nSPS) is 14.2. The van der Waals surface area contributed by atoms with Gasteiger partial charge >= 0.3 is 0 Å². The Morgan fingerprint density at radius 1 is 0.824 bits per heavy atom. The Bertz CT molecular complexity index is 441. The first-order chi connectivity index (χ1) is 8.33. The molecule has 0 aliphatic heterocycles. The van der Waals surface area contributed by atoms with E-state index < -0.39 is 6.10 Å². The molecule has 0 saturated heterocycles. The summed E-state index contributed by atoms with van der Waals surface area (Å²) in [5.41, 5.74) is 2.13. The van der Waals surface area contributed by atoms with Crippen molar-refractivity contribution in [3.63, 3.8) is 0 Å². The van der Waals surface area contributed by atoms with E-state index in [0.29, 0.717) is 0 Å². The van der Waals surface area contributed by atoms with Crippen molar-refractivity contribution in [3.05, 3.63) is 71.8 Å². The van der Waals surface area contributed by atoms with Crippen LogP contribution < -0.4 is 0 Å². The van der Waals surface area contributed by atoms with Gasteiger partial charge in [0.05, 0.1) is 11.4 Å². The van der Waals surface area contributed by atoms with Crippen LogP contribution in [0.1, 0.15) is 22.5 Å². The fourth-order valence-corrected chi connectivity index (χ4v) is 2.76. The number of benzene rings is 2. The largest absolute Gasteiger partial charge is 0.387 e. The third kappa shape index (κ3) is 2.90. The molecule has 2 aromatic rings. The van der Waals surface area contributed by atoms with E-state index in [1.165, 1.54) is 0 Å². The molecule has 88 valence electrons. The average Bonchev–Trinajstić information content (AvgIpc) is 2.42. The van der Waals surface area contributed by atoms with Crippen LogP contribution in [-0.2, 0) is 0 Å². The summed E-state index contributed by atoms with van der Waals surface area (Å²) in [5.74, 6) is 0. The summed E-state index contributed by atoms with van der Waals surface area (Å²) < 4.78 is 0. The van der Waals surface area contributed by atoms with E-state index in [0.717, 1.165) is 11.1 Å². The molecule has 1 N–H and O–H groups in total. The van der Waals surface area contributed by atoms with Crippen molar-refractivity contribution < 1.29 is 5.11 Å². The van der Waals surface area contributed by atoms with E-state index in [9.17, 15) is 5.11 Å². The van der Waals surface area contributed by atoms with Crippen LogP contribution in [0.5, 0.6) is 0 Å². The summed E-state index contributed by atoms with van der Waals surface area (Å²) >= 11 is 1.68. The number of aliphatic hydroxyl groups is 1. The number of hydrogen-bond acceptors (Lipinski definition) is 2. The van der Waals surface area contributed by atoms with E-state index in [1.54, 1.807) is 11.8 Å². The molecule has 17 heavy (non-hydrogen) atoms. The molecule has 0 spiro atoms. The molecule has 1 nitrogen and oxygen atoms in total. The lowest BCUT2D eigenvalue weighted by molar-refractivity contribution is 0.175. The van der Waals surface area contributed by atoms with Crippen molar-refractivity contribution in [1.29, 1.82) is 0 Å². The molecule has 0 fully saturated rings. The molecular formula is C15H16OS. The Hall–Kier alpha value is -1.25.